The Morgan fingerprint density at radius 1 is 0.677 bits per heavy atom. The number of rotatable bonds is 0. The summed E-state index contributed by atoms with van der Waals surface area (Å²) in [6.07, 6.45) is 7.52. The maximum Gasteiger partial charge on any atom is 0.147 e. The predicted octanol–water partition coefficient (Wildman–Crippen LogP) is 5.57. The van der Waals surface area contributed by atoms with Crippen LogP contribution in [-0.4, -0.2) is 19.4 Å². The Labute approximate surface area is 177 Å². The van der Waals surface area contributed by atoms with Crippen LogP contribution in [0.1, 0.15) is 22.4 Å². The first-order valence-electron chi connectivity index (χ1n) is 10.6. The van der Waals surface area contributed by atoms with Crippen LogP contribution in [0.25, 0.3) is 49.8 Å². The number of pyridine rings is 3. The van der Waals surface area contributed by atoms with Gasteiger partial charge in [-0.2, -0.15) is 0 Å². The van der Waals surface area contributed by atoms with E-state index in [1.54, 1.807) is 0 Å². The van der Waals surface area contributed by atoms with Crippen molar-refractivity contribution in [2.45, 2.75) is 12.8 Å². The van der Waals surface area contributed by atoms with Gasteiger partial charge in [0.2, 0.25) is 0 Å². The van der Waals surface area contributed by atoms with Gasteiger partial charge in [-0.25, -0.2) is 9.97 Å². The van der Waals surface area contributed by atoms with Crippen LogP contribution in [0.15, 0.2) is 73.2 Å². The molecule has 4 heteroatoms. The molecule has 4 aromatic heterocycles. The second kappa shape index (κ2) is 5.35. The summed E-state index contributed by atoms with van der Waals surface area (Å²) >= 11 is 0. The van der Waals surface area contributed by atoms with Crippen molar-refractivity contribution in [3.05, 3.63) is 95.6 Å². The summed E-state index contributed by atoms with van der Waals surface area (Å²) in [5.74, 6) is 0. The van der Waals surface area contributed by atoms with E-state index in [4.69, 9.17) is 9.97 Å². The first kappa shape index (κ1) is 15.7. The van der Waals surface area contributed by atoms with Crippen LogP contribution in [0.5, 0.6) is 0 Å². The molecule has 2 aliphatic rings. The lowest BCUT2D eigenvalue weighted by molar-refractivity contribution is 1.07. The molecule has 6 aromatic rings. The first-order chi connectivity index (χ1) is 15.4. The highest BCUT2D eigenvalue weighted by molar-refractivity contribution is 6.11. The zero-order valence-electron chi connectivity index (χ0n) is 16.6. The number of nitrogens with zero attached hydrogens (tertiary/aromatic N) is 4. The zero-order valence-corrected chi connectivity index (χ0v) is 16.6. The Morgan fingerprint density at radius 2 is 1.55 bits per heavy atom. The van der Waals surface area contributed by atoms with E-state index in [0.717, 1.165) is 46.0 Å². The lowest BCUT2D eigenvalue weighted by Crippen LogP contribution is -1.98. The summed E-state index contributed by atoms with van der Waals surface area (Å²) in [5.41, 5.74) is 12.5. The number of fused-ring (bicyclic) bond motifs is 13. The molecule has 4 heterocycles. The Kier molecular flexibility index (Phi) is 2.72. The molecule has 0 radical (unpaired) electrons. The van der Waals surface area contributed by atoms with Crippen molar-refractivity contribution in [1.82, 2.24) is 19.4 Å². The van der Waals surface area contributed by atoms with Crippen LogP contribution in [0, 0.1) is 0 Å². The fourth-order valence-corrected chi connectivity index (χ4v) is 5.61. The fraction of sp³-hybridized carbons (Fsp3) is 0.0741. The SMILES string of the molecule is c1ccc2c(c1)Cc1cc3c(cc1-2)Cc1c-3nc2c3ccncc3c3cccnc3n12. The summed E-state index contributed by atoms with van der Waals surface area (Å²) in [7, 11) is 0. The number of aromatic nitrogens is 4. The highest BCUT2D eigenvalue weighted by Gasteiger charge is 2.29. The van der Waals surface area contributed by atoms with E-state index in [1.165, 1.54) is 39.1 Å². The van der Waals surface area contributed by atoms with Crippen molar-refractivity contribution in [2.75, 3.05) is 0 Å². The van der Waals surface area contributed by atoms with E-state index in [2.05, 4.69) is 57.9 Å². The third-order valence-corrected chi connectivity index (χ3v) is 6.95. The van der Waals surface area contributed by atoms with Crippen LogP contribution in [0.3, 0.4) is 0 Å². The van der Waals surface area contributed by atoms with Crippen LogP contribution in [0.4, 0.5) is 0 Å². The van der Waals surface area contributed by atoms with Crippen LogP contribution in [0.2, 0.25) is 0 Å². The van der Waals surface area contributed by atoms with Crippen molar-refractivity contribution >= 4 is 27.5 Å². The third kappa shape index (κ3) is 1.88. The van der Waals surface area contributed by atoms with Crippen LogP contribution < -0.4 is 0 Å². The molecule has 0 saturated heterocycles. The molecule has 144 valence electrons. The molecule has 8 rings (SSSR count). The first-order valence-corrected chi connectivity index (χ1v) is 10.6. The summed E-state index contributed by atoms with van der Waals surface area (Å²) in [6.45, 7) is 0. The minimum Gasteiger partial charge on any atom is -0.279 e. The van der Waals surface area contributed by atoms with Crippen molar-refractivity contribution in [3.63, 3.8) is 0 Å². The van der Waals surface area contributed by atoms with E-state index in [9.17, 15) is 0 Å². The average Bonchev–Trinajstić information content (AvgIpc) is 3.47. The van der Waals surface area contributed by atoms with Gasteiger partial charge in [-0.05, 0) is 64.6 Å². The lowest BCUT2D eigenvalue weighted by Gasteiger charge is -2.09. The second-order valence-corrected chi connectivity index (χ2v) is 8.54. The normalized spacial score (nSPS) is 13.5. The largest absolute Gasteiger partial charge is 0.279 e. The van der Waals surface area contributed by atoms with E-state index >= 15 is 0 Å². The lowest BCUT2D eigenvalue weighted by atomic mass is 9.99. The molecule has 0 amide bonds. The quantitative estimate of drug-likeness (QED) is 0.315. The van der Waals surface area contributed by atoms with Gasteiger partial charge in [-0.1, -0.05) is 24.3 Å². The van der Waals surface area contributed by atoms with E-state index < -0.39 is 0 Å². The van der Waals surface area contributed by atoms with Gasteiger partial charge in [0, 0.05) is 46.7 Å². The van der Waals surface area contributed by atoms with Gasteiger partial charge in [0.1, 0.15) is 11.3 Å². The maximum atomic E-state index is 5.18. The Morgan fingerprint density at radius 3 is 2.55 bits per heavy atom. The monoisotopic (exact) mass is 396 g/mol. The van der Waals surface area contributed by atoms with Crippen molar-refractivity contribution < 1.29 is 0 Å². The van der Waals surface area contributed by atoms with E-state index in [-0.39, 0.29) is 0 Å². The summed E-state index contributed by atoms with van der Waals surface area (Å²) in [4.78, 5) is 14.3. The van der Waals surface area contributed by atoms with Crippen molar-refractivity contribution in [1.29, 1.82) is 0 Å². The average molecular weight is 396 g/mol. The topological polar surface area (TPSA) is 43.1 Å². The molecule has 0 unspecified atom stereocenters. The molecular formula is C27H16N4. The molecule has 0 atom stereocenters. The number of hydrogen-bond acceptors (Lipinski definition) is 3. The zero-order chi connectivity index (χ0) is 20.1. The standard InChI is InChI=1S/C27H16N4/c1-2-5-18-15(4-1)10-16-12-22-17(11-21(16)18)13-24-25(22)30-27-20-7-9-28-14-23(20)19-6-3-8-29-26(19)31(24)27/h1-9,11-12,14H,10,13H2. The van der Waals surface area contributed by atoms with E-state index in [1.807, 2.05) is 24.7 Å². The molecule has 2 aliphatic carbocycles. The maximum absolute atomic E-state index is 5.18. The molecule has 0 fully saturated rings. The molecule has 0 N–H and O–H groups in total. The fourth-order valence-electron chi connectivity index (χ4n) is 5.61. The minimum absolute atomic E-state index is 0.879. The molecule has 2 aromatic carbocycles. The number of hydrogen-bond donors (Lipinski definition) is 0. The highest BCUT2D eigenvalue weighted by Crippen LogP contribution is 2.45. The number of imidazole rings is 1. The van der Waals surface area contributed by atoms with Crippen molar-refractivity contribution in [2.24, 2.45) is 0 Å². The Balaban J connectivity index is 1.46. The predicted molar refractivity (Wildman–Crippen MR) is 122 cm³/mol. The molecule has 0 saturated carbocycles. The van der Waals surface area contributed by atoms with E-state index in [0.29, 0.717) is 0 Å². The Bertz CT molecular complexity index is 1740. The molecule has 31 heavy (non-hydrogen) atoms. The molecule has 0 aliphatic heterocycles. The summed E-state index contributed by atoms with van der Waals surface area (Å²) in [5, 5.41) is 3.34. The highest BCUT2D eigenvalue weighted by atomic mass is 15.1. The van der Waals surface area contributed by atoms with Gasteiger partial charge in [0.15, 0.2) is 0 Å². The molecule has 4 nitrogen and oxygen atoms in total. The molecule has 0 spiro atoms. The van der Waals surface area contributed by atoms with Gasteiger partial charge in [-0.3, -0.25) is 9.38 Å². The minimum atomic E-state index is 0.879. The van der Waals surface area contributed by atoms with Gasteiger partial charge in [0.25, 0.3) is 0 Å². The number of benzene rings is 2. The van der Waals surface area contributed by atoms with Gasteiger partial charge >= 0.3 is 0 Å². The van der Waals surface area contributed by atoms with Gasteiger partial charge < -0.3 is 0 Å². The Hall–Kier alpha value is -4.05. The second-order valence-electron chi connectivity index (χ2n) is 8.54. The summed E-state index contributed by atoms with van der Waals surface area (Å²) in [6, 6.07) is 19.7. The van der Waals surface area contributed by atoms with Gasteiger partial charge in [0.05, 0.1) is 11.4 Å². The van der Waals surface area contributed by atoms with Gasteiger partial charge in [-0.15, -0.1) is 0 Å². The summed E-state index contributed by atoms with van der Waals surface area (Å²) < 4.78 is 2.27. The van der Waals surface area contributed by atoms with Crippen LogP contribution in [-0.2, 0) is 12.8 Å². The molecular weight excluding hydrogens is 380 g/mol. The molecule has 0 bridgehead atoms. The van der Waals surface area contributed by atoms with Crippen molar-refractivity contribution in [3.8, 4) is 22.4 Å². The smallest absolute Gasteiger partial charge is 0.147 e. The van der Waals surface area contributed by atoms with Crippen LogP contribution >= 0.6 is 0 Å². The third-order valence-electron chi connectivity index (χ3n) is 6.95.